The molecule has 27 heavy (non-hydrogen) atoms. The summed E-state index contributed by atoms with van der Waals surface area (Å²) in [6.07, 6.45) is 0. The third-order valence-electron chi connectivity index (χ3n) is 3.78. The first-order valence-electron chi connectivity index (χ1n) is 8.50. The van der Waals surface area contributed by atoms with Crippen LogP contribution >= 0.6 is 0 Å². The quantitative estimate of drug-likeness (QED) is 0.697. The van der Waals surface area contributed by atoms with Crippen LogP contribution in [-0.2, 0) is 9.59 Å². The zero-order valence-corrected chi connectivity index (χ0v) is 15.5. The van der Waals surface area contributed by atoms with E-state index in [4.69, 9.17) is 10.5 Å². The maximum atomic E-state index is 12.5. The van der Waals surface area contributed by atoms with Gasteiger partial charge in [0, 0.05) is 22.9 Å². The van der Waals surface area contributed by atoms with Gasteiger partial charge in [-0.05, 0) is 48.9 Å². The van der Waals surface area contributed by atoms with Gasteiger partial charge in [-0.1, -0.05) is 19.9 Å². The molecule has 0 bridgehead atoms. The summed E-state index contributed by atoms with van der Waals surface area (Å²) in [6.45, 7) is 5.26. The number of nitrogens with one attached hydrogen (secondary N) is 2. The molecule has 0 heterocycles. The highest BCUT2D eigenvalue weighted by Crippen LogP contribution is 2.22. The molecule has 0 saturated carbocycles. The molecule has 7 heteroatoms. The Labute approximate surface area is 157 Å². The summed E-state index contributed by atoms with van der Waals surface area (Å²) in [6, 6.07) is 11.7. The van der Waals surface area contributed by atoms with Crippen LogP contribution in [0.1, 0.15) is 29.8 Å². The van der Waals surface area contributed by atoms with Crippen molar-refractivity contribution < 1.29 is 19.1 Å². The van der Waals surface area contributed by atoms with E-state index in [9.17, 15) is 14.4 Å². The molecule has 0 atom stereocenters. The van der Waals surface area contributed by atoms with E-state index in [1.807, 2.05) is 26.8 Å². The molecule has 4 N–H and O–H groups in total. The molecule has 0 unspecified atom stereocenters. The third-order valence-corrected chi connectivity index (χ3v) is 3.78. The predicted molar refractivity (Wildman–Crippen MR) is 104 cm³/mol. The SMILES string of the molecule is Cc1ccc(NC(=O)C(C)C)cc1NC(=O)c1ccc(OCC(N)=O)cc1. The fraction of sp³-hybridized carbons (Fsp3) is 0.250. The zero-order chi connectivity index (χ0) is 20.0. The Morgan fingerprint density at radius 3 is 2.30 bits per heavy atom. The number of amides is 3. The van der Waals surface area contributed by atoms with Crippen LogP contribution in [-0.4, -0.2) is 24.3 Å². The molecule has 0 aliphatic rings. The zero-order valence-electron chi connectivity index (χ0n) is 15.5. The fourth-order valence-electron chi connectivity index (χ4n) is 2.17. The van der Waals surface area contributed by atoms with Gasteiger partial charge in [0.15, 0.2) is 6.61 Å². The van der Waals surface area contributed by atoms with Crippen LogP contribution in [0.2, 0.25) is 0 Å². The molecule has 2 aromatic rings. The normalized spacial score (nSPS) is 10.4. The second kappa shape index (κ2) is 8.84. The molecule has 0 aliphatic heterocycles. The van der Waals surface area contributed by atoms with Gasteiger partial charge in [-0.25, -0.2) is 0 Å². The molecule has 0 radical (unpaired) electrons. The third kappa shape index (κ3) is 5.85. The van der Waals surface area contributed by atoms with Crippen LogP contribution in [0.5, 0.6) is 5.75 Å². The predicted octanol–water partition coefficient (Wildman–Crippen LogP) is 2.71. The van der Waals surface area contributed by atoms with Crippen molar-refractivity contribution in [3.63, 3.8) is 0 Å². The number of hydrogen-bond donors (Lipinski definition) is 3. The summed E-state index contributed by atoms with van der Waals surface area (Å²) in [7, 11) is 0. The lowest BCUT2D eigenvalue weighted by molar-refractivity contribution is -0.120. The van der Waals surface area contributed by atoms with Gasteiger partial charge < -0.3 is 21.1 Å². The molecule has 7 nitrogen and oxygen atoms in total. The van der Waals surface area contributed by atoms with Gasteiger partial charge in [-0.2, -0.15) is 0 Å². The molecule has 0 spiro atoms. The fourth-order valence-corrected chi connectivity index (χ4v) is 2.17. The second-order valence-corrected chi connectivity index (χ2v) is 6.41. The van der Waals surface area contributed by atoms with E-state index in [0.29, 0.717) is 22.7 Å². The second-order valence-electron chi connectivity index (χ2n) is 6.41. The Balaban J connectivity index is 2.08. The topological polar surface area (TPSA) is 111 Å². The number of benzene rings is 2. The minimum absolute atomic E-state index is 0.0947. The van der Waals surface area contributed by atoms with E-state index < -0.39 is 5.91 Å². The highest BCUT2D eigenvalue weighted by Gasteiger charge is 2.11. The van der Waals surface area contributed by atoms with Crippen molar-refractivity contribution in [2.45, 2.75) is 20.8 Å². The molecule has 2 aromatic carbocycles. The molecule has 0 aliphatic carbocycles. The van der Waals surface area contributed by atoms with Crippen LogP contribution < -0.4 is 21.1 Å². The van der Waals surface area contributed by atoms with Gasteiger partial charge in [0.1, 0.15) is 5.75 Å². The molecule has 0 saturated heterocycles. The number of carbonyl (C=O) groups is 3. The van der Waals surface area contributed by atoms with Gasteiger partial charge in [0.2, 0.25) is 5.91 Å². The Kier molecular flexibility index (Phi) is 6.54. The van der Waals surface area contributed by atoms with E-state index >= 15 is 0 Å². The molecule has 142 valence electrons. The van der Waals surface area contributed by atoms with Gasteiger partial charge in [0.25, 0.3) is 11.8 Å². The average Bonchev–Trinajstić information content (AvgIpc) is 2.63. The van der Waals surface area contributed by atoms with Crippen LogP contribution in [0.15, 0.2) is 42.5 Å². The summed E-state index contributed by atoms with van der Waals surface area (Å²) >= 11 is 0. The van der Waals surface area contributed by atoms with Crippen LogP contribution in [0, 0.1) is 12.8 Å². The minimum Gasteiger partial charge on any atom is -0.484 e. The van der Waals surface area contributed by atoms with Crippen LogP contribution in [0.25, 0.3) is 0 Å². The maximum absolute atomic E-state index is 12.5. The van der Waals surface area contributed by atoms with E-state index in [1.165, 1.54) is 0 Å². The van der Waals surface area contributed by atoms with Crippen molar-refractivity contribution in [1.82, 2.24) is 0 Å². The molecular weight excluding hydrogens is 346 g/mol. The number of primary amides is 1. The first kappa shape index (κ1) is 20.0. The highest BCUT2D eigenvalue weighted by atomic mass is 16.5. The highest BCUT2D eigenvalue weighted by molar-refractivity contribution is 6.05. The average molecular weight is 369 g/mol. The Morgan fingerprint density at radius 2 is 1.70 bits per heavy atom. The largest absolute Gasteiger partial charge is 0.484 e. The first-order valence-corrected chi connectivity index (χ1v) is 8.50. The summed E-state index contributed by atoms with van der Waals surface area (Å²) in [5, 5.41) is 5.64. The van der Waals surface area contributed by atoms with E-state index in [-0.39, 0.29) is 24.3 Å². The van der Waals surface area contributed by atoms with Gasteiger partial charge in [-0.15, -0.1) is 0 Å². The lowest BCUT2D eigenvalue weighted by atomic mass is 10.1. The Morgan fingerprint density at radius 1 is 1.04 bits per heavy atom. The monoisotopic (exact) mass is 369 g/mol. The molecule has 3 amide bonds. The maximum Gasteiger partial charge on any atom is 0.255 e. The van der Waals surface area contributed by atoms with E-state index in [2.05, 4.69) is 10.6 Å². The number of carbonyl (C=O) groups excluding carboxylic acids is 3. The Hall–Kier alpha value is -3.35. The molecule has 0 aromatic heterocycles. The summed E-state index contributed by atoms with van der Waals surface area (Å²) in [5.41, 5.74) is 7.54. The number of rotatable bonds is 7. The van der Waals surface area contributed by atoms with Gasteiger partial charge in [-0.3, -0.25) is 14.4 Å². The van der Waals surface area contributed by atoms with Crippen molar-refractivity contribution in [2.24, 2.45) is 11.7 Å². The van der Waals surface area contributed by atoms with Gasteiger partial charge >= 0.3 is 0 Å². The lowest BCUT2D eigenvalue weighted by Gasteiger charge is -2.13. The van der Waals surface area contributed by atoms with Crippen LogP contribution in [0.4, 0.5) is 11.4 Å². The van der Waals surface area contributed by atoms with Crippen molar-refractivity contribution in [1.29, 1.82) is 0 Å². The number of nitrogens with two attached hydrogens (primary N) is 1. The first-order chi connectivity index (χ1) is 12.8. The van der Waals surface area contributed by atoms with E-state index in [0.717, 1.165) is 5.56 Å². The lowest BCUT2D eigenvalue weighted by Crippen LogP contribution is -2.20. The van der Waals surface area contributed by atoms with Crippen molar-refractivity contribution in [2.75, 3.05) is 17.2 Å². The minimum atomic E-state index is -0.572. The van der Waals surface area contributed by atoms with Crippen molar-refractivity contribution in [3.8, 4) is 5.75 Å². The summed E-state index contributed by atoms with van der Waals surface area (Å²) < 4.78 is 5.17. The van der Waals surface area contributed by atoms with Crippen LogP contribution in [0.3, 0.4) is 0 Å². The molecule has 2 rings (SSSR count). The van der Waals surface area contributed by atoms with E-state index in [1.54, 1.807) is 36.4 Å². The number of ether oxygens (including phenoxy) is 1. The Bertz CT molecular complexity index is 845. The molecular formula is C20H23N3O4. The summed E-state index contributed by atoms with van der Waals surface area (Å²) in [4.78, 5) is 35.0. The number of hydrogen-bond acceptors (Lipinski definition) is 4. The van der Waals surface area contributed by atoms with Crippen molar-refractivity contribution in [3.05, 3.63) is 53.6 Å². The number of anilines is 2. The summed E-state index contributed by atoms with van der Waals surface area (Å²) in [5.74, 6) is -0.661. The smallest absolute Gasteiger partial charge is 0.255 e. The van der Waals surface area contributed by atoms with Crippen molar-refractivity contribution >= 4 is 29.1 Å². The number of aryl methyl sites for hydroxylation is 1. The molecule has 0 fully saturated rings. The standard InChI is InChI=1S/C20H23N3O4/c1-12(2)19(25)22-15-7-4-13(3)17(10-15)23-20(26)14-5-8-16(9-6-14)27-11-18(21)24/h4-10,12H,11H2,1-3H3,(H2,21,24)(H,22,25)(H,23,26). The van der Waals surface area contributed by atoms with Gasteiger partial charge in [0.05, 0.1) is 0 Å².